The van der Waals surface area contributed by atoms with Crippen LogP contribution in [0.3, 0.4) is 0 Å². The predicted molar refractivity (Wildman–Crippen MR) is 32.0 cm³/mol. The van der Waals surface area contributed by atoms with Crippen LogP contribution < -0.4 is 0 Å². The van der Waals surface area contributed by atoms with Crippen molar-refractivity contribution in [3.05, 3.63) is 0 Å². The Bertz CT molecular complexity index is 84.4. The molecule has 1 N–H and O–H groups in total. The molecule has 1 saturated heterocycles. The SMILES string of the molecule is CCC1COC[C@H](O)O1. The van der Waals surface area contributed by atoms with Crippen LogP contribution in [0.4, 0.5) is 0 Å². The van der Waals surface area contributed by atoms with Gasteiger partial charge >= 0.3 is 0 Å². The monoisotopic (exact) mass is 132 g/mol. The first-order valence-corrected chi connectivity index (χ1v) is 3.24. The van der Waals surface area contributed by atoms with E-state index >= 15 is 0 Å². The average Bonchev–Trinajstić information content (AvgIpc) is 1.88. The van der Waals surface area contributed by atoms with Crippen molar-refractivity contribution in [1.29, 1.82) is 0 Å². The van der Waals surface area contributed by atoms with Gasteiger partial charge in [-0.2, -0.15) is 0 Å². The summed E-state index contributed by atoms with van der Waals surface area (Å²) in [6, 6.07) is 0. The van der Waals surface area contributed by atoms with E-state index in [2.05, 4.69) is 0 Å². The minimum atomic E-state index is -0.705. The molecule has 0 spiro atoms. The molecular formula is C6H12O3. The minimum Gasteiger partial charge on any atom is -0.373 e. The highest BCUT2D eigenvalue weighted by Gasteiger charge is 2.18. The quantitative estimate of drug-likeness (QED) is 0.551. The first-order valence-electron chi connectivity index (χ1n) is 3.24. The van der Waals surface area contributed by atoms with Gasteiger partial charge in [0.2, 0.25) is 0 Å². The number of hydrogen-bond donors (Lipinski definition) is 1. The van der Waals surface area contributed by atoms with Crippen LogP contribution in [0.15, 0.2) is 0 Å². The van der Waals surface area contributed by atoms with Gasteiger partial charge < -0.3 is 14.6 Å². The lowest BCUT2D eigenvalue weighted by Crippen LogP contribution is -2.35. The Hall–Kier alpha value is -0.120. The largest absolute Gasteiger partial charge is 0.373 e. The fourth-order valence-electron chi connectivity index (χ4n) is 0.815. The number of aliphatic hydroxyl groups excluding tert-OH is 1. The second-order valence-electron chi connectivity index (χ2n) is 2.16. The minimum absolute atomic E-state index is 0.0914. The molecule has 0 aromatic heterocycles. The molecule has 1 aliphatic heterocycles. The van der Waals surface area contributed by atoms with E-state index < -0.39 is 6.29 Å². The molecule has 9 heavy (non-hydrogen) atoms. The van der Waals surface area contributed by atoms with Crippen molar-refractivity contribution in [2.75, 3.05) is 13.2 Å². The Kier molecular flexibility index (Phi) is 2.45. The third-order valence-electron chi connectivity index (χ3n) is 1.37. The zero-order chi connectivity index (χ0) is 6.69. The van der Waals surface area contributed by atoms with Crippen LogP contribution in [0.5, 0.6) is 0 Å². The van der Waals surface area contributed by atoms with Crippen molar-refractivity contribution in [1.82, 2.24) is 0 Å². The molecule has 3 nitrogen and oxygen atoms in total. The topological polar surface area (TPSA) is 38.7 Å². The van der Waals surface area contributed by atoms with Gasteiger partial charge in [0.15, 0.2) is 6.29 Å². The fourth-order valence-corrected chi connectivity index (χ4v) is 0.815. The van der Waals surface area contributed by atoms with E-state index in [-0.39, 0.29) is 6.10 Å². The number of hydrogen-bond acceptors (Lipinski definition) is 3. The molecule has 1 aliphatic rings. The number of rotatable bonds is 1. The zero-order valence-electron chi connectivity index (χ0n) is 5.54. The van der Waals surface area contributed by atoms with Gasteiger partial charge in [-0.15, -0.1) is 0 Å². The van der Waals surface area contributed by atoms with E-state index in [0.29, 0.717) is 13.2 Å². The summed E-state index contributed by atoms with van der Waals surface area (Å²) in [5.74, 6) is 0. The lowest BCUT2D eigenvalue weighted by Gasteiger charge is -2.25. The van der Waals surface area contributed by atoms with Crippen molar-refractivity contribution >= 4 is 0 Å². The normalized spacial score (nSPS) is 36.7. The van der Waals surface area contributed by atoms with Crippen LogP contribution in [-0.4, -0.2) is 30.7 Å². The summed E-state index contributed by atoms with van der Waals surface area (Å²) in [5, 5.41) is 8.86. The summed E-state index contributed by atoms with van der Waals surface area (Å²) < 4.78 is 10.1. The lowest BCUT2D eigenvalue weighted by molar-refractivity contribution is -0.220. The first-order chi connectivity index (χ1) is 4.33. The van der Waals surface area contributed by atoms with Crippen LogP contribution >= 0.6 is 0 Å². The van der Waals surface area contributed by atoms with Gasteiger partial charge in [-0.3, -0.25) is 0 Å². The molecule has 2 atom stereocenters. The van der Waals surface area contributed by atoms with Gasteiger partial charge in [0, 0.05) is 0 Å². The molecule has 0 aromatic rings. The Morgan fingerprint density at radius 1 is 1.56 bits per heavy atom. The van der Waals surface area contributed by atoms with E-state index in [1.807, 2.05) is 6.92 Å². The summed E-state index contributed by atoms with van der Waals surface area (Å²) in [7, 11) is 0. The number of aliphatic hydroxyl groups is 1. The molecule has 0 saturated carbocycles. The van der Waals surface area contributed by atoms with E-state index in [1.54, 1.807) is 0 Å². The molecule has 3 heteroatoms. The molecule has 1 fully saturated rings. The van der Waals surface area contributed by atoms with Crippen LogP contribution in [0.25, 0.3) is 0 Å². The summed E-state index contributed by atoms with van der Waals surface area (Å²) in [6.07, 6.45) is 0.286. The van der Waals surface area contributed by atoms with Gasteiger partial charge in [0.25, 0.3) is 0 Å². The van der Waals surface area contributed by atoms with Crippen molar-refractivity contribution in [2.24, 2.45) is 0 Å². The third kappa shape index (κ3) is 1.93. The number of ether oxygens (including phenoxy) is 2. The molecule has 1 heterocycles. The highest BCUT2D eigenvalue weighted by atomic mass is 16.7. The van der Waals surface area contributed by atoms with Gasteiger partial charge in [0.1, 0.15) is 0 Å². The third-order valence-corrected chi connectivity index (χ3v) is 1.37. The van der Waals surface area contributed by atoms with Gasteiger partial charge in [-0.25, -0.2) is 0 Å². The maximum atomic E-state index is 8.86. The molecule has 0 radical (unpaired) electrons. The molecule has 54 valence electrons. The van der Waals surface area contributed by atoms with Crippen molar-refractivity contribution in [3.8, 4) is 0 Å². The second-order valence-corrected chi connectivity index (χ2v) is 2.16. The molecule has 0 aromatic carbocycles. The highest BCUT2D eigenvalue weighted by Crippen LogP contribution is 2.07. The summed E-state index contributed by atoms with van der Waals surface area (Å²) in [4.78, 5) is 0. The molecule has 1 rings (SSSR count). The zero-order valence-corrected chi connectivity index (χ0v) is 5.54. The maximum absolute atomic E-state index is 8.86. The first kappa shape index (κ1) is 6.99. The molecule has 0 bridgehead atoms. The van der Waals surface area contributed by atoms with Crippen molar-refractivity contribution in [3.63, 3.8) is 0 Å². The summed E-state index contributed by atoms with van der Waals surface area (Å²) in [6.45, 7) is 2.94. The smallest absolute Gasteiger partial charge is 0.178 e. The Balaban J connectivity index is 2.23. The Morgan fingerprint density at radius 3 is 2.78 bits per heavy atom. The summed E-state index contributed by atoms with van der Waals surface area (Å²) in [5.41, 5.74) is 0. The Morgan fingerprint density at radius 2 is 2.33 bits per heavy atom. The Labute approximate surface area is 54.6 Å². The maximum Gasteiger partial charge on any atom is 0.178 e. The highest BCUT2D eigenvalue weighted by molar-refractivity contribution is 4.59. The van der Waals surface area contributed by atoms with Crippen molar-refractivity contribution < 1.29 is 14.6 Å². The van der Waals surface area contributed by atoms with E-state index in [1.165, 1.54) is 0 Å². The molecule has 0 aliphatic carbocycles. The molecule has 0 amide bonds. The molecular weight excluding hydrogens is 120 g/mol. The van der Waals surface area contributed by atoms with E-state index in [0.717, 1.165) is 6.42 Å². The van der Waals surface area contributed by atoms with Gasteiger partial charge in [-0.1, -0.05) is 6.92 Å². The van der Waals surface area contributed by atoms with Gasteiger partial charge in [0.05, 0.1) is 19.3 Å². The summed E-state index contributed by atoms with van der Waals surface area (Å²) >= 11 is 0. The predicted octanol–water partition coefficient (Wildman–Crippen LogP) is 0.130. The standard InChI is InChI=1S/C6H12O3/c1-2-5-3-8-4-6(7)9-5/h5-7H,2-4H2,1H3/t5?,6-/m1/s1. The van der Waals surface area contributed by atoms with E-state index in [4.69, 9.17) is 14.6 Å². The van der Waals surface area contributed by atoms with Crippen LogP contribution in [0.1, 0.15) is 13.3 Å². The second kappa shape index (κ2) is 3.15. The lowest BCUT2D eigenvalue weighted by atomic mass is 10.3. The average molecular weight is 132 g/mol. The van der Waals surface area contributed by atoms with E-state index in [9.17, 15) is 0 Å². The van der Waals surface area contributed by atoms with Crippen molar-refractivity contribution in [2.45, 2.75) is 25.7 Å². The van der Waals surface area contributed by atoms with Crippen LogP contribution in [0, 0.1) is 0 Å². The van der Waals surface area contributed by atoms with Crippen LogP contribution in [0.2, 0.25) is 0 Å². The molecule has 1 unspecified atom stereocenters. The van der Waals surface area contributed by atoms with Crippen LogP contribution in [-0.2, 0) is 9.47 Å². The fraction of sp³-hybridized carbons (Fsp3) is 1.00. The van der Waals surface area contributed by atoms with Gasteiger partial charge in [-0.05, 0) is 6.42 Å².